The van der Waals surface area contributed by atoms with Gasteiger partial charge in [-0.3, -0.25) is 9.89 Å². The van der Waals surface area contributed by atoms with Crippen LogP contribution in [0, 0.1) is 5.92 Å². The second-order valence-electron chi connectivity index (χ2n) is 7.61. The number of hydrogen-bond donors (Lipinski definition) is 2. The molecule has 0 aliphatic carbocycles. The summed E-state index contributed by atoms with van der Waals surface area (Å²) < 4.78 is 5.26. The number of aromatic nitrogens is 2. The van der Waals surface area contributed by atoms with Crippen LogP contribution in [0.25, 0.3) is 11.3 Å². The maximum atomic E-state index is 12.6. The number of H-pyrrole nitrogens is 1. The first kappa shape index (κ1) is 18.0. The first-order chi connectivity index (χ1) is 13.2. The van der Waals surface area contributed by atoms with Crippen molar-refractivity contribution in [1.82, 2.24) is 20.4 Å². The molecule has 6 nitrogen and oxygen atoms in total. The number of amides is 1. The molecule has 2 fully saturated rings. The molecular weight excluding hydrogens is 340 g/mol. The lowest BCUT2D eigenvalue weighted by Gasteiger charge is -2.44. The number of piperidine rings is 2. The van der Waals surface area contributed by atoms with E-state index in [0.717, 1.165) is 23.6 Å². The minimum Gasteiger partial charge on any atom is -0.497 e. The molecule has 4 rings (SSSR count). The van der Waals surface area contributed by atoms with Crippen molar-refractivity contribution in [2.75, 3.05) is 26.7 Å². The van der Waals surface area contributed by atoms with Gasteiger partial charge in [-0.1, -0.05) is 18.6 Å². The minimum atomic E-state index is -0.0791. The molecule has 0 bridgehead atoms. The summed E-state index contributed by atoms with van der Waals surface area (Å²) in [7, 11) is 1.64. The van der Waals surface area contributed by atoms with Crippen molar-refractivity contribution in [1.29, 1.82) is 0 Å². The Morgan fingerprint density at radius 2 is 2.15 bits per heavy atom. The van der Waals surface area contributed by atoms with Crippen LogP contribution in [0.2, 0.25) is 0 Å². The lowest BCUT2D eigenvalue weighted by Crippen LogP contribution is -2.51. The van der Waals surface area contributed by atoms with Gasteiger partial charge < -0.3 is 15.0 Å². The maximum absolute atomic E-state index is 12.6. The second-order valence-corrected chi connectivity index (χ2v) is 7.61. The highest BCUT2D eigenvalue weighted by Crippen LogP contribution is 2.30. The molecule has 2 aromatic rings. The number of fused-ring (bicyclic) bond motifs is 1. The van der Waals surface area contributed by atoms with Crippen LogP contribution in [0.15, 0.2) is 30.3 Å². The predicted molar refractivity (Wildman–Crippen MR) is 105 cm³/mol. The van der Waals surface area contributed by atoms with Gasteiger partial charge in [0.2, 0.25) is 0 Å². The zero-order valence-corrected chi connectivity index (χ0v) is 15.9. The second kappa shape index (κ2) is 8.13. The van der Waals surface area contributed by atoms with Crippen LogP contribution in [0.3, 0.4) is 0 Å². The molecular formula is C21H28N4O2. The Labute approximate surface area is 160 Å². The van der Waals surface area contributed by atoms with Crippen molar-refractivity contribution < 1.29 is 9.53 Å². The largest absolute Gasteiger partial charge is 0.497 e. The van der Waals surface area contributed by atoms with Crippen molar-refractivity contribution in [2.45, 2.75) is 38.1 Å². The molecule has 1 amide bonds. The quantitative estimate of drug-likeness (QED) is 0.851. The fourth-order valence-corrected chi connectivity index (χ4v) is 4.50. The van der Waals surface area contributed by atoms with Crippen molar-refractivity contribution in [3.05, 3.63) is 36.0 Å². The van der Waals surface area contributed by atoms with Crippen LogP contribution in [0.4, 0.5) is 0 Å². The molecule has 0 spiro atoms. The molecule has 2 aliphatic heterocycles. The van der Waals surface area contributed by atoms with E-state index in [1.165, 1.54) is 45.2 Å². The third-order valence-electron chi connectivity index (χ3n) is 5.94. The number of hydrogen-bond acceptors (Lipinski definition) is 4. The fraction of sp³-hybridized carbons (Fsp3) is 0.524. The molecule has 2 saturated heterocycles. The summed E-state index contributed by atoms with van der Waals surface area (Å²) in [4.78, 5) is 15.2. The molecule has 0 radical (unpaired) electrons. The first-order valence-electron chi connectivity index (χ1n) is 9.96. The highest BCUT2D eigenvalue weighted by Gasteiger charge is 2.33. The molecule has 0 saturated carbocycles. The zero-order chi connectivity index (χ0) is 18.6. The van der Waals surface area contributed by atoms with Gasteiger partial charge in [-0.15, -0.1) is 0 Å². The van der Waals surface area contributed by atoms with Gasteiger partial charge in [-0.2, -0.15) is 5.10 Å². The molecule has 1 aromatic heterocycles. The highest BCUT2D eigenvalue weighted by molar-refractivity contribution is 5.93. The van der Waals surface area contributed by atoms with E-state index in [1.807, 2.05) is 24.3 Å². The normalized spacial score (nSPS) is 22.9. The van der Waals surface area contributed by atoms with E-state index in [9.17, 15) is 4.79 Å². The van der Waals surface area contributed by atoms with Gasteiger partial charge in [0.1, 0.15) is 11.4 Å². The van der Waals surface area contributed by atoms with Gasteiger partial charge in [-0.05, 0) is 62.9 Å². The fourth-order valence-electron chi connectivity index (χ4n) is 4.50. The summed E-state index contributed by atoms with van der Waals surface area (Å²) in [5, 5.41) is 10.3. The summed E-state index contributed by atoms with van der Waals surface area (Å²) in [6.45, 7) is 3.19. The molecule has 2 aliphatic rings. The molecule has 2 atom stereocenters. The van der Waals surface area contributed by atoms with E-state index in [1.54, 1.807) is 13.2 Å². The average Bonchev–Trinajstić information content (AvgIpc) is 3.22. The molecule has 1 aromatic carbocycles. The van der Waals surface area contributed by atoms with Crippen LogP contribution >= 0.6 is 0 Å². The van der Waals surface area contributed by atoms with E-state index < -0.39 is 0 Å². The van der Waals surface area contributed by atoms with E-state index in [-0.39, 0.29) is 5.91 Å². The number of carbonyl (C=O) groups excluding carboxylic acids is 1. The van der Waals surface area contributed by atoms with Crippen molar-refractivity contribution >= 4 is 5.91 Å². The summed E-state index contributed by atoms with van der Waals surface area (Å²) in [6, 6.07) is 10.1. The van der Waals surface area contributed by atoms with Crippen LogP contribution < -0.4 is 10.1 Å². The average molecular weight is 368 g/mol. The van der Waals surface area contributed by atoms with Crippen LogP contribution in [-0.4, -0.2) is 53.8 Å². The van der Waals surface area contributed by atoms with Crippen molar-refractivity contribution in [3.8, 4) is 17.0 Å². The molecule has 3 heterocycles. The smallest absolute Gasteiger partial charge is 0.269 e. The molecule has 0 unspecified atom stereocenters. The van der Waals surface area contributed by atoms with Gasteiger partial charge in [0.05, 0.1) is 12.8 Å². The maximum Gasteiger partial charge on any atom is 0.269 e. The number of ether oxygens (including phenoxy) is 1. The van der Waals surface area contributed by atoms with E-state index in [0.29, 0.717) is 17.7 Å². The minimum absolute atomic E-state index is 0.0791. The Kier molecular flexibility index (Phi) is 5.43. The molecule has 6 heteroatoms. The number of nitrogens with zero attached hydrogens (tertiary/aromatic N) is 2. The van der Waals surface area contributed by atoms with Crippen molar-refractivity contribution in [3.63, 3.8) is 0 Å². The van der Waals surface area contributed by atoms with E-state index in [4.69, 9.17) is 4.74 Å². The predicted octanol–water partition coefficient (Wildman–Crippen LogP) is 3.08. The zero-order valence-electron chi connectivity index (χ0n) is 15.9. The number of rotatable bonds is 5. The van der Waals surface area contributed by atoms with Gasteiger partial charge in [0.15, 0.2) is 0 Å². The monoisotopic (exact) mass is 368 g/mol. The summed E-state index contributed by atoms with van der Waals surface area (Å²) in [5.74, 6) is 1.25. The topological polar surface area (TPSA) is 70.2 Å². The lowest BCUT2D eigenvalue weighted by molar-refractivity contribution is 0.0575. The van der Waals surface area contributed by atoms with Gasteiger partial charge in [-0.25, -0.2) is 0 Å². The molecule has 144 valence electrons. The standard InChI is InChI=1S/C21H28N4O2/c1-27-17-8-4-6-15(12-17)18-13-19(24-23-18)21(26)22-14-16-7-5-11-25-10-3-2-9-20(16)25/h4,6,8,12-13,16,20H,2-3,5,7,9-11,14H2,1H3,(H,22,26)(H,23,24)/t16-,20-/m0/s1. The Hall–Kier alpha value is -2.34. The number of benzene rings is 1. The lowest BCUT2D eigenvalue weighted by atomic mass is 9.83. The van der Waals surface area contributed by atoms with E-state index >= 15 is 0 Å². The number of aromatic amines is 1. The molecule has 27 heavy (non-hydrogen) atoms. The van der Waals surface area contributed by atoms with E-state index in [2.05, 4.69) is 20.4 Å². The highest BCUT2D eigenvalue weighted by atomic mass is 16.5. The molecule has 2 N–H and O–H groups in total. The number of methoxy groups -OCH3 is 1. The Morgan fingerprint density at radius 3 is 3.04 bits per heavy atom. The Balaban J connectivity index is 1.38. The third-order valence-corrected chi connectivity index (χ3v) is 5.94. The summed E-state index contributed by atoms with van der Waals surface area (Å²) in [5.41, 5.74) is 2.18. The number of carbonyl (C=O) groups is 1. The summed E-state index contributed by atoms with van der Waals surface area (Å²) >= 11 is 0. The van der Waals surface area contributed by atoms with Crippen molar-refractivity contribution in [2.24, 2.45) is 5.92 Å². The van der Waals surface area contributed by atoms with Gasteiger partial charge in [0.25, 0.3) is 5.91 Å². The SMILES string of the molecule is COc1cccc(-c2cc(C(=O)NC[C@@H]3CCCN4CCCC[C@@H]34)[nH]n2)c1. The van der Waals surface area contributed by atoms with Crippen LogP contribution in [0.1, 0.15) is 42.6 Å². The summed E-state index contributed by atoms with van der Waals surface area (Å²) in [6.07, 6.45) is 6.35. The van der Waals surface area contributed by atoms with Crippen LogP contribution in [-0.2, 0) is 0 Å². The Morgan fingerprint density at radius 1 is 1.26 bits per heavy atom. The third kappa shape index (κ3) is 4.00. The van der Waals surface area contributed by atoms with Crippen LogP contribution in [0.5, 0.6) is 5.75 Å². The Bertz CT molecular complexity index is 786. The number of nitrogens with one attached hydrogen (secondary N) is 2. The first-order valence-corrected chi connectivity index (χ1v) is 9.96. The van der Waals surface area contributed by atoms with Gasteiger partial charge in [0, 0.05) is 18.2 Å². The van der Waals surface area contributed by atoms with Gasteiger partial charge >= 0.3 is 0 Å².